The summed E-state index contributed by atoms with van der Waals surface area (Å²) in [5.74, 6) is -0.587. The summed E-state index contributed by atoms with van der Waals surface area (Å²) in [6, 6.07) is 2.68. The molecule has 0 saturated heterocycles. The Hall–Kier alpha value is -2.36. The number of rotatable bonds is 5. The summed E-state index contributed by atoms with van der Waals surface area (Å²) in [6.07, 6.45) is 3.53. The molecule has 4 N–H and O–H groups in total. The molecule has 2 heterocycles. The van der Waals surface area contributed by atoms with E-state index in [0.717, 1.165) is 0 Å². The standard InChI is InChI=1S/C20H22ClN3O5S/c1-2-5-29-20(26)13-9-23-18-17(13)12-7-16(14(21)8-15(12)24-19(18)25)30(27,28)11-4-3-10(22)6-11/h7-11,23H,2-6,22H2,1H3,(H,24,25). The number of ether oxygens (including phenoxy) is 1. The van der Waals surface area contributed by atoms with Gasteiger partial charge in [0, 0.05) is 23.0 Å². The lowest BCUT2D eigenvalue weighted by atomic mass is 10.1. The number of hydrogen-bond acceptors (Lipinski definition) is 6. The molecule has 2 unspecified atom stereocenters. The number of nitrogens with one attached hydrogen (secondary N) is 2. The van der Waals surface area contributed by atoms with Crippen LogP contribution in [0.25, 0.3) is 21.8 Å². The minimum atomic E-state index is -3.73. The van der Waals surface area contributed by atoms with Gasteiger partial charge in [0.25, 0.3) is 5.56 Å². The second kappa shape index (κ2) is 7.72. The van der Waals surface area contributed by atoms with Crippen LogP contribution in [0.5, 0.6) is 0 Å². The molecular weight excluding hydrogens is 430 g/mol. The topological polar surface area (TPSA) is 135 Å². The van der Waals surface area contributed by atoms with Crippen molar-refractivity contribution < 1.29 is 17.9 Å². The van der Waals surface area contributed by atoms with Crippen molar-refractivity contribution in [3.8, 4) is 0 Å². The molecule has 1 fully saturated rings. The Kier molecular flexibility index (Phi) is 5.37. The van der Waals surface area contributed by atoms with Crippen molar-refractivity contribution in [2.45, 2.75) is 48.8 Å². The number of carbonyl (C=O) groups is 1. The fourth-order valence-electron chi connectivity index (χ4n) is 4.02. The van der Waals surface area contributed by atoms with Gasteiger partial charge in [-0.1, -0.05) is 18.5 Å². The molecule has 0 bridgehead atoms. The smallest absolute Gasteiger partial charge is 0.340 e. The molecule has 1 aromatic carbocycles. The molecule has 0 aliphatic heterocycles. The van der Waals surface area contributed by atoms with Gasteiger partial charge in [-0.05, 0) is 37.8 Å². The second-order valence-corrected chi connectivity index (χ2v) is 10.2. The van der Waals surface area contributed by atoms with Crippen LogP contribution in [-0.4, -0.2) is 42.3 Å². The van der Waals surface area contributed by atoms with Gasteiger partial charge in [-0.2, -0.15) is 0 Å². The van der Waals surface area contributed by atoms with Crippen LogP contribution in [0, 0.1) is 0 Å². The lowest BCUT2D eigenvalue weighted by molar-refractivity contribution is 0.0507. The summed E-state index contributed by atoms with van der Waals surface area (Å²) in [5.41, 5.74) is 6.13. The van der Waals surface area contributed by atoms with Gasteiger partial charge in [-0.15, -0.1) is 0 Å². The molecule has 0 spiro atoms. The average Bonchev–Trinajstić information content (AvgIpc) is 3.33. The van der Waals surface area contributed by atoms with Gasteiger partial charge in [0.1, 0.15) is 5.52 Å². The number of esters is 1. The number of aromatic nitrogens is 2. The van der Waals surface area contributed by atoms with Gasteiger partial charge in [-0.25, -0.2) is 13.2 Å². The minimum absolute atomic E-state index is 0.0172. The number of H-pyrrole nitrogens is 2. The number of pyridine rings is 1. The zero-order chi connectivity index (χ0) is 21.6. The van der Waals surface area contributed by atoms with Crippen LogP contribution in [0.2, 0.25) is 5.02 Å². The van der Waals surface area contributed by atoms with Crippen molar-refractivity contribution in [3.05, 3.63) is 39.3 Å². The molecule has 3 aromatic rings. The van der Waals surface area contributed by atoms with E-state index in [4.69, 9.17) is 22.1 Å². The Bertz CT molecular complexity index is 1310. The van der Waals surface area contributed by atoms with Crippen LogP contribution in [0.4, 0.5) is 0 Å². The number of fused-ring (bicyclic) bond motifs is 3. The first-order valence-electron chi connectivity index (χ1n) is 9.77. The van der Waals surface area contributed by atoms with E-state index >= 15 is 0 Å². The Balaban J connectivity index is 1.95. The molecule has 8 nitrogen and oxygen atoms in total. The van der Waals surface area contributed by atoms with Crippen molar-refractivity contribution in [1.29, 1.82) is 0 Å². The van der Waals surface area contributed by atoms with Crippen LogP contribution >= 0.6 is 11.6 Å². The lowest BCUT2D eigenvalue weighted by Gasteiger charge is -2.14. The highest BCUT2D eigenvalue weighted by atomic mass is 35.5. The maximum atomic E-state index is 13.2. The average molecular weight is 452 g/mol. The number of aromatic amines is 2. The third kappa shape index (κ3) is 3.40. The van der Waals surface area contributed by atoms with Crippen LogP contribution < -0.4 is 11.3 Å². The third-order valence-electron chi connectivity index (χ3n) is 5.52. The second-order valence-electron chi connectivity index (χ2n) is 7.61. The summed E-state index contributed by atoms with van der Waals surface area (Å²) in [4.78, 5) is 30.4. The van der Waals surface area contributed by atoms with Gasteiger partial charge in [0.15, 0.2) is 9.84 Å². The van der Waals surface area contributed by atoms with E-state index in [1.165, 1.54) is 18.3 Å². The maximum Gasteiger partial charge on any atom is 0.340 e. The van der Waals surface area contributed by atoms with E-state index in [-0.39, 0.29) is 33.6 Å². The van der Waals surface area contributed by atoms with E-state index in [1.807, 2.05) is 6.92 Å². The molecule has 2 aromatic heterocycles. The van der Waals surface area contributed by atoms with Crippen molar-refractivity contribution >= 4 is 49.2 Å². The normalized spacial score (nSPS) is 19.6. The first-order chi connectivity index (χ1) is 14.2. The Morgan fingerprint density at radius 3 is 2.77 bits per heavy atom. The fraction of sp³-hybridized carbons (Fsp3) is 0.400. The minimum Gasteiger partial charge on any atom is -0.462 e. The zero-order valence-electron chi connectivity index (χ0n) is 16.3. The van der Waals surface area contributed by atoms with Crippen LogP contribution in [-0.2, 0) is 14.6 Å². The Morgan fingerprint density at radius 1 is 1.33 bits per heavy atom. The van der Waals surface area contributed by atoms with E-state index in [9.17, 15) is 18.0 Å². The molecule has 10 heteroatoms. The van der Waals surface area contributed by atoms with Crippen molar-refractivity contribution in [3.63, 3.8) is 0 Å². The van der Waals surface area contributed by atoms with Gasteiger partial charge in [0.05, 0.1) is 32.9 Å². The molecule has 30 heavy (non-hydrogen) atoms. The monoisotopic (exact) mass is 451 g/mol. The first-order valence-corrected chi connectivity index (χ1v) is 11.7. The van der Waals surface area contributed by atoms with Crippen LogP contribution in [0.3, 0.4) is 0 Å². The van der Waals surface area contributed by atoms with E-state index in [0.29, 0.717) is 42.0 Å². The number of nitrogens with two attached hydrogens (primary N) is 1. The maximum absolute atomic E-state index is 13.2. The predicted molar refractivity (Wildman–Crippen MR) is 115 cm³/mol. The first kappa shape index (κ1) is 20.9. The summed E-state index contributed by atoms with van der Waals surface area (Å²) in [7, 11) is -3.73. The number of sulfone groups is 1. The van der Waals surface area contributed by atoms with Crippen molar-refractivity contribution in [2.75, 3.05) is 6.61 Å². The Morgan fingerprint density at radius 2 is 2.10 bits per heavy atom. The molecule has 2 atom stereocenters. The van der Waals surface area contributed by atoms with E-state index in [1.54, 1.807) is 0 Å². The number of hydrogen-bond donors (Lipinski definition) is 3. The summed E-state index contributed by atoms with van der Waals surface area (Å²) < 4.78 is 31.7. The highest BCUT2D eigenvalue weighted by molar-refractivity contribution is 7.92. The molecule has 1 saturated carbocycles. The highest BCUT2D eigenvalue weighted by Crippen LogP contribution is 2.36. The Labute approximate surface area is 177 Å². The van der Waals surface area contributed by atoms with E-state index in [2.05, 4.69) is 9.97 Å². The lowest BCUT2D eigenvalue weighted by Crippen LogP contribution is -2.22. The molecule has 1 aliphatic rings. The van der Waals surface area contributed by atoms with Crippen LogP contribution in [0.1, 0.15) is 43.0 Å². The zero-order valence-corrected chi connectivity index (χ0v) is 17.9. The van der Waals surface area contributed by atoms with Gasteiger partial charge >= 0.3 is 5.97 Å². The molecule has 160 valence electrons. The molecule has 4 rings (SSSR count). The van der Waals surface area contributed by atoms with Crippen molar-refractivity contribution in [2.24, 2.45) is 5.73 Å². The quantitative estimate of drug-likeness (QED) is 0.510. The highest BCUT2D eigenvalue weighted by Gasteiger charge is 2.35. The summed E-state index contributed by atoms with van der Waals surface area (Å²) in [6.45, 7) is 2.11. The molecule has 0 radical (unpaired) electrons. The number of carbonyl (C=O) groups excluding carboxylic acids is 1. The predicted octanol–water partition coefficient (Wildman–Crippen LogP) is 2.88. The summed E-state index contributed by atoms with van der Waals surface area (Å²) in [5, 5.41) is 0.121. The molecule has 0 amide bonds. The summed E-state index contributed by atoms with van der Waals surface area (Å²) >= 11 is 6.32. The molecular formula is C20H22ClN3O5S. The van der Waals surface area contributed by atoms with Crippen LogP contribution in [0.15, 0.2) is 28.0 Å². The SMILES string of the molecule is CCCOC(=O)c1c[nH]c2c(=O)[nH]c3cc(Cl)c(S(=O)(=O)C4CCC(N)C4)cc3c12. The number of benzene rings is 1. The number of halogens is 1. The fourth-order valence-corrected chi connectivity index (χ4v) is 6.42. The van der Waals surface area contributed by atoms with E-state index < -0.39 is 26.6 Å². The third-order valence-corrected chi connectivity index (χ3v) is 8.21. The molecule has 1 aliphatic carbocycles. The largest absolute Gasteiger partial charge is 0.462 e. The van der Waals surface area contributed by atoms with Gasteiger partial charge in [-0.3, -0.25) is 4.79 Å². The van der Waals surface area contributed by atoms with Gasteiger partial charge < -0.3 is 20.4 Å². The van der Waals surface area contributed by atoms with Crippen molar-refractivity contribution in [1.82, 2.24) is 9.97 Å². The van der Waals surface area contributed by atoms with Gasteiger partial charge in [0.2, 0.25) is 0 Å².